The minimum absolute atomic E-state index is 0.00860. The molecule has 2 N–H and O–H groups in total. The van der Waals surface area contributed by atoms with Gasteiger partial charge in [0.1, 0.15) is 5.76 Å². The van der Waals surface area contributed by atoms with Gasteiger partial charge in [-0.05, 0) is 36.8 Å². The maximum atomic E-state index is 12.8. The highest BCUT2D eigenvalue weighted by Crippen LogP contribution is 2.25. The van der Waals surface area contributed by atoms with Crippen LogP contribution in [0.25, 0.3) is 0 Å². The van der Waals surface area contributed by atoms with Crippen LogP contribution in [0.1, 0.15) is 34.8 Å². The Morgan fingerprint density at radius 1 is 1.34 bits per heavy atom. The Morgan fingerprint density at radius 2 is 2.10 bits per heavy atom. The Morgan fingerprint density at radius 3 is 2.76 bits per heavy atom. The fourth-order valence-corrected chi connectivity index (χ4v) is 4.12. The van der Waals surface area contributed by atoms with E-state index >= 15 is 0 Å². The van der Waals surface area contributed by atoms with Crippen molar-refractivity contribution in [1.29, 1.82) is 0 Å². The zero-order valence-corrected chi connectivity index (χ0v) is 17.9. The van der Waals surface area contributed by atoms with E-state index in [0.29, 0.717) is 17.1 Å². The number of imidazole rings is 1. The van der Waals surface area contributed by atoms with Gasteiger partial charge < -0.3 is 13.9 Å². The van der Waals surface area contributed by atoms with Gasteiger partial charge in [0, 0.05) is 26.5 Å². The predicted molar refractivity (Wildman–Crippen MR) is 110 cm³/mol. The molecule has 0 aliphatic rings. The molecule has 10 heteroatoms. The van der Waals surface area contributed by atoms with Crippen LogP contribution in [0, 0.1) is 0 Å². The number of benzene rings is 1. The molecule has 1 aromatic carbocycles. The van der Waals surface area contributed by atoms with Crippen molar-refractivity contribution in [2.24, 2.45) is 12.2 Å². The number of nitrogens with two attached hydrogens (primary N) is 1. The highest BCUT2D eigenvalue weighted by Gasteiger charge is 2.23. The van der Waals surface area contributed by atoms with E-state index in [9.17, 15) is 13.2 Å². The van der Waals surface area contributed by atoms with Crippen LogP contribution < -0.4 is 5.14 Å². The molecule has 1 amide bonds. The predicted octanol–water partition coefficient (Wildman–Crippen LogP) is 2.79. The Labute approximate surface area is 173 Å². The van der Waals surface area contributed by atoms with Gasteiger partial charge in [0.2, 0.25) is 10.0 Å². The molecule has 1 atom stereocenters. The average Bonchev–Trinajstić information content (AvgIpc) is 3.33. The molecule has 3 rings (SSSR count). The fraction of sp³-hybridized carbons (Fsp3) is 0.263. The summed E-state index contributed by atoms with van der Waals surface area (Å²) >= 11 is 1.51. The van der Waals surface area contributed by atoms with Gasteiger partial charge >= 0.3 is 0 Å². The second-order valence-corrected chi connectivity index (χ2v) is 9.09. The normalized spacial score (nSPS) is 12.7. The first kappa shape index (κ1) is 21.2. The molecule has 2 heterocycles. The third kappa shape index (κ3) is 4.89. The number of furan rings is 1. The van der Waals surface area contributed by atoms with Crippen LogP contribution in [0.5, 0.6) is 0 Å². The molecule has 0 radical (unpaired) electrons. The average molecular weight is 435 g/mol. The Bertz CT molecular complexity index is 1120. The van der Waals surface area contributed by atoms with Crippen molar-refractivity contribution in [1.82, 2.24) is 14.5 Å². The van der Waals surface area contributed by atoms with E-state index in [-0.39, 0.29) is 22.6 Å². The molecule has 0 spiro atoms. The number of amides is 1. The van der Waals surface area contributed by atoms with Crippen LogP contribution in [-0.2, 0) is 22.8 Å². The maximum absolute atomic E-state index is 12.8. The fourth-order valence-electron chi connectivity index (χ4n) is 2.72. The number of thioether (sulfide) groups is 1. The molecule has 0 saturated carbocycles. The lowest BCUT2D eigenvalue weighted by molar-refractivity contribution is 0.0709. The van der Waals surface area contributed by atoms with Crippen molar-refractivity contribution in [2.75, 3.05) is 7.05 Å². The molecule has 29 heavy (non-hydrogen) atoms. The van der Waals surface area contributed by atoms with E-state index in [0.717, 1.165) is 5.16 Å². The van der Waals surface area contributed by atoms with E-state index in [1.54, 1.807) is 44.4 Å². The van der Waals surface area contributed by atoms with Gasteiger partial charge in [-0.3, -0.25) is 4.79 Å². The second-order valence-electron chi connectivity index (χ2n) is 6.58. The summed E-state index contributed by atoms with van der Waals surface area (Å²) in [5.41, 5.74) is 0.657. The SMILES string of the molecule is CC(c1cccc(S(N)(=O)=O)c1)N(C)C(=O)c1ccc(CSc2nccn2C)o1. The van der Waals surface area contributed by atoms with Crippen LogP contribution >= 0.6 is 11.8 Å². The van der Waals surface area contributed by atoms with E-state index in [1.165, 1.54) is 28.8 Å². The van der Waals surface area contributed by atoms with Crippen molar-refractivity contribution >= 4 is 27.7 Å². The van der Waals surface area contributed by atoms with Crippen molar-refractivity contribution in [3.05, 3.63) is 65.9 Å². The molecule has 0 aliphatic heterocycles. The number of aryl methyl sites for hydroxylation is 1. The standard InChI is InChI=1S/C19H22N4O4S2/c1-13(14-5-4-6-16(11-14)29(20,25)26)23(3)18(24)17-8-7-15(27-17)12-28-19-21-9-10-22(19)2/h4-11,13H,12H2,1-3H3,(H2,20,25,26). The van der Waals surface area contributed by atoms with Crippen LogP contribution in [-0.4, -0.2) is 35.8 Å². The lowest BCUT2D eigenvalue weighted by Gasteiger charge is -2.24. The molecule has 0 saturated heterocycles. The molecular weight excluding hydrogens is 412 g/mol. The second kappa shape index (κ2) is 8.44. The highest BCUT2D eigenvalue weighted by molar-refractivity contribution is 7.98. The summed E-state index contributed by atoms with van der Waals surface area (Å²) in [5.74, 6) is 1.14. The number of primary sulfonamides is 1. The minimum atomic E-state index is -3.81. The van der Waals surface area contributed by atoms with Crippen molar-refractivity contribution in [3.8, 4) is 0 Å². The molecular formula is C19H22N4O4S2. The lowest BCUT2D eigenvalue weighted by atomic mass is 10.1. The first-order valence-corrected chi connectivity index (χ1v) is 11.3. The number of sulfonamides is 1. The molecule has 154 valence electrons. The highest BCUT2D eigenvalue weighted by atomic mass is 32.2. The summed E-state index contributed by atoms with van der Waals surface area (Å²) in [7, 11) is -0.262. The summed E-state index contributed by atoms with van der Waals surface area (Å²) in [4.78, 5) is 18.6. The van der Waals surface area contributed by atoms with E-state index in [2.05, 4.69) is 4.98 Å². The van der Waals surface area contributed by atoms with Crippen molar-refractivity contribution in [2.45, 2.75) is 28.8 Å². The summed E-state index contributed by atoms with van der Waals surface area (Å²) in [5, 5.41) is 6.05. The number of carbonyl (C=O) groups is 1. The summed E-state index contributed by atoms with van der Waals surface area (Å²) in [6, 6.07) is 9.28. The number of hydrogen-bond acceptors (Lipinski definition) is 6. The Hall–Kier alpha value is -2.56. The summed E-state index contributed by atoms with van der Waals surface area (Å²) < 4.78 is 30.8. The molecule has 1 unspecified atom stereocenters. The molecule has 0 fully saturated rings. The Kier molecular flexibility index (Phi) is 6.15. The van der Waals surface area contributed by atoms with Gasteiger partial charge in [-0.1, -0.05) is 23.9 Å². The number of carbonyl (C=O) groups excluding carboxylic acids is 1. The molecule has 0 aliphatic carbocycles. The topological polar surface area (TPSA) is 111 Å². The van der Waals surface area contributed by atoms with Gasteiger partial charge in [-0.15, -0.1) is 0 Å². The van der Waals surface area contributed by atoms with Crippen LogP contribution in [0.3, 0.4) is 0 Å². The van der Waals surface area contributed by atoms with Crippen LogP contribution in [0.4, 0.5) is 0 Å². The van der Waals surface area contributed by atoms with Gasteiger partial charge in [0.15, 0.2) is 10.9 Å². The number of rotatable bonds is 7. The zero-order valence-electron chi connectivity index (χ0n) is 16.3. The van der Waals surface area contributed by atoms with E-state index in [4.69, 9.17) is 9.56 Å². The first-order valence-electron chi connectivity index (χ1n) is 8.75. The molecule has 2 aromatic heterocycles. The van der Waals surface area contributed by atoms with Gasteiger partial charge in [-0.25, -0.2) is 18.5 Å². The third-order valence-electron chi connectivity index (χ3n) is 4.56. The maximum Gasteiger partial charge on any atom is 0.289 e. The van der Waals surface area contributed by atoms with Gasteiger partial charge in [0.05, 0.1) is 16.7 Å². The molecule has 8 nitrogen and oxygen atoms in total. The number of aromatic nitrogens is 2. The largest absolute Gasteiger partial charge is 0.455 e. The van der Waals surface area contributed by atoms with Crippen LogP contribution in [0.2, 0.25) is 0 Å². The summed E-state index contributed by atoms with van der Waals surface area (Å²) in [6.07, 6.45) is 3.58. The van der Waals surface area contributed by atoms with Gasteiger partial charge in [-0.2, -0.15) is 0 Å². The minimum Gasteiger partial charge on any atom is -0.455 e. The van der Waals surface area contributed by atoms with Crippen LogP contribution in [0.15, 0.2) is 63.3 Å². The third-order valence-corrected chi connectivity index (χ3v) is 6.55. The van der Waals surface area contributed by atoms with Crippen molar-refractivity contribution in [3.63, 3.8) is 0 Å². The number of nitrogens with zero attached hydrogens (tertiary/aromatic N) is 3. The quantitative estimate of drug-likeness (QED) is 0.572. The lowest BCUT2D eigenvalue weighted by Crippen LogP contribution is -2.29. The van der Waals surface area contributed by atoms with Crippen molar-refractivity contribution < 1.29 is 17.6 Å². The summed E-state index contributed by atoms with van der Waals surface area (Å²) in [6.45, 7) is 1.81. The van der Waals surface area contributed by atoms with E-state index < -0.39 is 10.0 Å². The first-order chi connectivity index (χ1) is 13.7. The Balaban J connectivity index is 1.70. The zero-order chi connectivity index (χ0) is 21.2. The number of hydrogen-bond donors (Lipinski definition) is 1. The smallest absolute Gasteiger partial charge is 0.289 e. The molecule has 3 aromatic rings. The van der Waals surface area contributed by atoms with E-state index in [1.807, 2.05) is 17.8 Å². The van der Waals surface area contributed by atoms with Gasteiger partial charge in [0.25, 0.3) is 5.91 Å². The monoisotopic (exact) mass is 434 g/mol. The molecule has 0 bridgehead atoms.